The zero-order chi connectivity index (χ0) is 15.0. The van der Waals surface area contributed by atoms with Gasteiger partial charge in [0, 0.05) is 5.56 Å². The number of para-hydroxylation sites is 1. The maximum Gasteiger partial charge on any atom is 0.395 e. The van der Waals surface area contributed by atoms with E-state index in [1.165, 1.54) is 6.92 Å². The summed E-state index contributed by atoms with van der Waals surface area (Å²) in [5.74, 6) is -0.0476. The standard InChI is InChI=1S/C13H19N2O4P/c1-3-18-13(16)10(2)15-20(17)19-12-7-5-4-6-11(12)8-9-14/h4-7,10H,3,8-9,14H2,1-2H3. The molecule has 0 aliphatic rings. The first-order valence-electron chi connectivity index (χ1n) is 6.39. The highest BCUT2D eigenvalue weighted by atomic mass is 31.1. The van der Waals surface area contributed by atoms with Crippen LogP contribution >= 0.6 is 8.17 Å². The average molecular weight is 298 g/mol. The Balaban J connectivity index is 2.74. The molecule has 0 saturated heterocycles. The summed E-state index contributed by atoms with van der Waals surface area (Å²) < 4.78 is 13.8. The Morgan fingerprint density at radius 2 is 2.20 bits per heavy atom. The lowest BCUT2D eigenvalue weighted by atomic mass is 10.1. The molecule has 0 amide bonds. The van der Waals surface area contributed by atoms with Gasteiger partial charge in [0.2, 0.25) is 0 Å². The number of carbonyl (C=O) groups excluding carboxylic acids is 1. The molecule has 0 bridgehead atoms. The lowest BCUT2D eigenvalue weighted by Crippen LogP contribution is -2.18. The van der Waals surface area contributed by atoms with Gasteiger partial charge in [-0.05, 0) is 32.9 Å². The predicted molar refractivity (Wildman–Crippen MR) is 75.3 cm³/mol. The van der Waals surface area contributed by atoms with Crippen molar-refractivity contribution in [3.05, 3.63) is 29.8 Å². The van der Waals surface area contributed by atoms with E-state index < -0.39 is 20.2 Å². The van der Waals surface area contributed by atoms with Gasteiger partial charge in [0.1, 0.15) is 0 Å². The van der Waals surface area contributed by atoms with E-state index in [-0.39, 0.29) is 6.61 Å². The fraction of sp³-hybridized carbons (Fsp3) is 0.462. The number of esters is 1. The third-order valence-corrected chi connectivity index (χ3v) is 3.35. The summed E-state index contributed by atoms with van der Waals surface area (Å²) in [4.78, 5) is 23.2. The van der Waals surface area contributed by atoms with Crippen LogP contribution in [-0.2, 0) is 16.0 Å². The van der Waals surface area contributed by atoms with Gasteiger partial charge in [0.25, 0.3) is 0 Å². The van der Waals surface area contributed by atoms with Crippen molar-refractivity contribution in [3.8, 4) is 5.75 Å². The van der Waals surface area contributed by atoms with Gasteiger partial charge in [-0.2, -0.15) is 0 Å². The molecule has 0 aromatic heterocycles. The SMILES string of the molecule is CCOC(=O)C(C)N=[P+]([O-])Oc1ccccc1CCN. The van der Waals surface area contributed by atoms with Crippen LogP contribution in [0.3, 0.4) is 0 Å². The third-order valence-electron chi connectivity index (χ3n) is 2.46. The van der Waals surface area contributed by atoms with Crippen molar-refractivity contribution in [1.29, 1.82) is 0 Å². The number of ether oxygens (including phenoxy) is 1. The predicted octanol–water partition coefficient (Wildman–Crippen LogP) is 1.37. The van der Waals surface area contributed by atoms with Crippen LogP contribution < -0.4 is 15.2 Å². The highest BCUT2D eigenvalue weighted by molar-refractivity contribution is 7.34. The molecule has 20 heavy (non-hydrogen) atoms. The zero-order valence-corrected chi connectivity index (χ0v) is 12.5. The molecule has 110 valence electrons. The highest BCUT2D eigenvalue weighted by Crippen LogP contribution is 2.27. The lowest BCUT2D eigenvalue weighted by molar-refractivity contribution is -0.169. The van der Waals surface area contributed by atoms with Crippen LogP contribution in [-0.4, -0.2) is 25.2 Å². The lowest BCUT2D eigenvalue weighted by Gasteiger charge is -2.06. The van der Waals surface area contributed by atoms with E-state index >= 15 is 0 Å². The van der Waals surface area contributed by atoms with Gasteiger partial charge in [-0.15, -0.1) is 0 Å². The molecule has 1 rings (SSSR count). The van der Waals surface area contributed by atoms with E-state index in [1.54, 1.807) is 19.1 Å². The van der Waals surface area contributed by atoms with Crippen LogP contribution in [0, 0.1) is 0 Å². The van der Waals surface area contributed by atoms with Gasteiger partial charge in [-0.3, -0.25) is 4.52 Å². The van der Waals surface area contributed by atoms with Crippen LogP contribution in [0.2, 0.25) is 0 Å². The Labute approximate surface area is 119 Å². The van der Waals surface area contributed by atoms with E-state index in [4.69, 9.17) is 15.0 Å². The first-order chi connectivity index (χ1) is 9.58. The summed E-state index contributed by atoms with van der Waals surface area (Å²) in [6, 6.07) is 6.35. The molecule has 0 radical (unpaired) electrons. The van der Waals surface area contributed by atoms with E-state index in [0.717, 1.165) is 5.56 Å². The molecule has 1 aromatic carbocycles. The summed E-state index contributed by atoms with van der Waals surface area (Å²) in [5, 5.41) is 0. The van der Waals surface area contributed by atoms with Crippen molar-refractivity contribution in [3.63, 3.8) is 0 Å². The van der Waals surface area contributed by atoms with Crippen molar-refractivity contribution in [1.82, 2.24) is 0 Å². The summed E-state index contributed by atoms with van der Waals surface area (Å²) in [6.45, 7) is 3.94. The summed E-state index contributed by atoms with van der Waals surface area (Å²) in [6.07, 6.45) is 0.618. The molecule has 2 atom stereocenters. The molecule has 2 N–H and O–H groups in total. The molecule has 0 saturated carbocycles. The van der Waals surface area contributed by atoms with Crippen molar-refractivity contribution in [2.45, 2.75) is 26.3 Å². The largest absolute Gasteiger partial charge is 0.575 e. The summed E-state index contributed by atoms with van der Waals surface area (Å²) >= 11 is 0. The quantitative estimate of drug-likeness (QED) is 0.605. The molecule has 0 fully saturated rings. The van der Waals surface area contributed by atoms with E-state index in [9.17, 15) is 9.69 Å². The minimum absolute atomic E-state index is 0.260. The van der Waals surface area contributed by atoms with E-state index in [1.807, 2.05) is 12.1 Å². The number of benzene rings is 1. The van der Waals surface area contributed by atoms with Crippen LogP contribution in [0.15, 0.2) is 29.0 Å². The Hall–Kier alpha value is -1.49. The van der Waals surface area contributed by atoms with Crippen LogP contribution in [0.25, 0.3) is 0 Å². The van der Waals surface area contributed by atoms with Gasteiger partial charge in [-0.1, -0.05) is 22.9 Å². The van der Waals surface area contributed by atoms with Crippen molar-refractivity contribution >= 4 is 14.1 Å². The fourth-order valence-corrected chi connectivity index (χ4v) is 2.28. The Bertz CT molecular complexity index is 479. The second-order valence-electron chi connectivity index (χ2n) is 4.02. The molecule has 0 spiro atoms. The third kappa shape index (κ3) is 5.25. The van der Waals surface area contributed by atoms with Gasteiger partial charge in [0.15, 0.2) is 11.8 Å². The van der Waals surface area contributed by atoms with Gasteiger partial charge >= 0.3 is 14.1 Å². The van der Waals surface area contributed by atoms with Crippen molar-refractivity contribution in [2.24, 2.45) is 10.5 Å². The maximum atomic E-state index is 11.8. The monoisotopic (exact) mass is 298 g/mol. The first-order valence-corrected chi connectivity index (χ1v) is 7.52. The molecule has 0 aliphatic heterocycles. The Kier molecular flexibility index (Phi) is 7.15. The number of rotatable bonds is 7. The smallest absolute Gasteiger partial charge is 0.395 e. The number of nitrogens with zero attached hydrogens (tertiary/aromatic N) is 1. The zero-order valence-electron chi connectivity index (χ0n) is 11.6. The van der Waals surface area contributed by atoms with Crippen molar-refractivity contribution in [2.75, 3.05) is 13.2 Å². The van der Waals surface area contributed by atoms with E-state index in [0.29, 0.717) is 18.7 Å². The molecule has 7 heteroatoms. The van der Waals surface area contributed by atoms with Crippen LogP contribution in [0.4, 0.5) is 0 Å². The minimum Gasteiger partial charge on any atom is -0.575 e. The van der Waals surface area contributed by atoms with Crippen molar-refractivity contribution < 1.29 is 18.9 Å². The minimum atomic E-state index is -2.33. The normalized spacial score (nSPS) is 12.9. The van der Waals surface area contributed by atoms with Crippen LogP contribution in [0.1, 0.15) is 19.4 Å². The second-order valence-corrected chi connectivity index (χ2v) is 4.91. The number of nitrogens with two attached hydrogens (primary N) is 1. The topological polar surface area (TPSA) is 97.0 Å². The molecular formula is C13H19N2O4P. The van der Waals surface area contributed by atoms with E-state index in [2.05, 4.69) is 4.74 Å². The molecular weight excluding hydrogens is 279 g/mol. The van der Waals surface area contributed by atoms with Gasteiger partial charge in [0.05, 0.1) is 6.61 Å². The fourth-order valence-electron chi connectivity index (χ4n) is 1.51. The first kappa shape index (κ1) is 16.6. The van der Waals surface area contributed by atoms with Gasteiger partial charge < -0.3 is 15.4 Å². The molecule has 2 unspecified atom stereocenters. The van der Waals surface area contributed by atoms with Crippen LogP contribution in [0.5, 0.6) is 5.75 Å². The summed E-state index contributed by atoms with van der Waals surface area (Å²) in [5.41, 5.74) is 6.36. The molecule has 1 aromatic rings. The second kappa shape index (κ2) is 8.64. The Morgan fingerprint density at radius 1 is 1.50 bits per heavy atom. The Morgan fingerprint density at radius 3 is 2.85 bits per heavy atom. The molecule has 0 heterocycles. The molecule has 0 aliphatic carbocycles. The van der Waals surface area contributed by atoms with Gasteiger partial charge in [-0.25, -0.2) is 4.79 Å². The number of carbonyl (C=O) groups is 1. The molecule has 6 nitrogen and oxygen atoms in total. The maximum absolute atomic E-state index is 11.8. The number of hydrogen-bond acceptors (Lipinski definition) is 6. The summed E-state index contributed by atoms with van der Waals surface area (Å²) in [7, 11) is -2.33. The number of hydrogen-bond donors (Lipinski definition) is 1. The highest BCUT2D eigenvalue weighted by Gasteiger charge is 2.18. The average Bonchev–Trinajstić information content (AvgIpc) is 2.41.